The molecule has 0 aromatic carbocycles. The molecule has 27 nitrogen and oxygen atoms in total. The molecule has 4 saturated carbocycles. The number of rotatable bonds is 14. The molecule has 27 heteroatoms. The van der Waals surface area contributed by atoms with E-state index in [9.17, 15) is 76.6 Å². The quantitative estimate of drug-likeness (QED) is 0.0736. The molecule has 484 valence electrons. The number of fused-ring (bicyclic) bond motifs is 7. The SMILES string of the molecule is CC1CCC2(OC1)OC1CC3C4CCC5CC(OC6OC(CO)C(OC7OC(CO)C(O)C(OC8OC(CO)C(O)C(O)C8O)C7OC7OC(CO)C(OC8OC(C)C(O)C(O)C8O)C(O)C7O)C(O)C6O)CCC5(C)C4CCC3(C)C1C2C. The highest BCUT2D eigenvalue weighted by atomic mass is 16.8. The summed E-state index contributed by atoms with van der Waals surface area (Å²) >= 11 is 0. The number of hydrogen-bond acceptors (Lipinski definition) is 27. The van der Waals surface area contributed by atoms with Crippen LogP contribution in [0.1, 0.15) is 98.8 Å². The normalized spacial score (nSPS) is 57.7. The topological polar surface area (TPSA) is 414 Å². The predicted octanol–water partition coefficient (Wildman–Crippen LogP) is -4.06. The molecule has 7 aliphatic heterocycles. The van der Waals surface area contributed by atoms with Crippen molar-refractivity contribution in [1.82, 2.24) is 0 Å². The van der Waals surface area contributed by atoms with Crippen molar-refractivity contribution in [3.63, 3.8) is 0 Å². The summed E-state index contributed by atoms with van der Waals surface area (Å²) in [5.74, 6) is 2.82. The fourth-order valence-corrected chi connectivity index (χ4v) is 17.6. The molecular weight excluding hydrogens is 1120 g/mol. The van der Waals surface area contributed by atoms with Crippen LogP contribution in [0, 0.1) is 52.3 Å². The Morgan fingerprint density at radius 3 is 1.55 bits per heavy atom. The Balaban J connectivity index is 0.781. The molecule has 4 aliphatic carbocycles. The second kappa shape index (κ2) is 25.2. The largest absolute Gasteiger partial charge is 0.394 e. The molecule has 0 radical (unpaired) electrons. The molecule has 11 rings (SSSR count). The van der Waals surface area contributed by atoms with Crippen molar-refractivity contribution in [1.29, 1.82) is 0 Å². The van der Waals surface area contributed by atoms with E-state index in [0.717, 1.165) is 58.0 Å². The summed E-state index contributed by atoms with van der Waals surface area (Å²) in [6.45, 7) is 8.05. The molecular formula is C57H94O27. The molecule has 0 bridgehead atoms. The molecule has 1 spiro atoms. The second-order valence-electron chi connectivity index (χ2n) is 27.1. The highest BCUT2D eigenvalue weighted by molar-refractivity contribution is 5.16. The Morgan fingerprint density at radius 1 is 0.429 bits per heavy atom. The van der Waals surface area contributed by atoms with Crippen LogP contribution in [0.15, 0.2) is 0 Å². The summed E-state index contributed by atoms with van der Waals surface area (Å²) in [4.78, 5) is 0. The zero-order valence-corrected chi connectivity index (χ0v) is 48.3. The monoisotopic (exact) mass is 1210 g/mol. The van der Waals surface area contributed by atoms with Gasteiger partial charge in [-0.1, -0.05) is 27.7 Å². The van der Waals surface area contributed by atoms with Gasteiger partial charge in [0.05, 0.1) is 51.3 Å². The van der Waals surface area contributed by atoms with Gasteiger partial charge in [-0.25, -0.2) is 0 Å². The molecule has 11 aliphatic rings. The van der Waals surface area contributed by atoms with Crippen LogP contribution in [0.4, 0.5) is 0 Å². The van der Waals surface area contributed by atoms with Gasteiger partial charge in [0.15, 0.2) is 37.2 Å². The van der Waals surface area contributed by atoms with Crippen molar-refractivity contribution in [2.75, 3.05) is 33.0 Å². The first kappa shape index (κ1) is 64.4. The third kappa shape index (κ3) is 11.2. The van der Waals surface area contributed by atoms with Crippen molar-refractivity contribution >= 4 is 0 Å². The Hall–Kier alpha value is -1.08. The Bertz CT molecular complexity index is 2180. The summed E-state index contributed by atoms with van der Waals surface area (Å²) in [5.41, 5.74) is 0.218. The lowest BCUT2D eigenvalue weighted by atomic mass is 9.44. The van der Waals surface area contributed by atoms with Gasteiger partial charge in [-0.15, -0.1) is 0 Å². The van der Waals surface area contributed by atoms with Crippen LogP contribution in [0.2, 0.25) is 0 Å². The molecule has 0 amide bonds. The fourth-order valence-electron chi connectivity index (χ4n) is 17.6. The molecule has 7 saturated heterocycles. The number of ether oxygens (including phenoxy) is 12. The van der Waals surface area contributed by atoms with E-state index >= 15 is 0 Å². The smallest absolute Gasteiger partial charge is 0.187 e. The summed E-state index contributed by atoms with van der Waals surface area (Å²) < 4.78 is 73.7. The van der Waals surface area contributed by atoms with Gasteiger partial charge in [-0.3, -0.25) is 0 Å². The summed E-state index contributed by atoms with van der Waals surface area (Å²) in [6.07, 6.45) is -35.6. The lowest BCUT2D eigenvalue weighted by Gasteiger charge is -2.61. The van der Waals surface area contributed by atoms with E-state index < -0.39 is 186 Å². The highest BCUT2D eigenvalue weighted by Crippen LogP contribution is 2.71. The third-order valence-corrected chi connectivity index (χ3v) is 22.5. The lowest BCUT2D eigenvalue weighted by Crippen LogP contribution is -2.69. The van der Waals surface area contributed by atoms with Crippen LogP contribution >= 0.6 is 0 Å². The van der Waals surface area contributed by atoms with Crippen LogP contribution in [-0.4, -0.2) is 281 Å². The van der Waals surface area contributed by atoms with E-state index in [-0.39, 0.29) is 23.0 Å². The van der Waals surface area contributed by atoms with Crippen molar-refractivity contribution in [3.05, 3.63) is 0 Å². The predicted molar refractivity (Wildman–Crippen MR) is 279 cm³/mol. The van der Waals surface area contributed by atoms with E-state index in [0.29, 0.717) is 54.3 Å². The third-order valence-electron chi connectivity index (χ3n) is 22.5. The van der Waals surface area contributed by atoms with Gasteiger partial charge >= 0.3 is 0 Å². The van der Waals surface area contributed by atoms with Gasteiger partial charge in [0.1, 0.15) is 116 Å². The number of hydrogen-bond donors (Lipinski definition) is 15. The molecule has 11 fully saturated rings. The van der Waals surface area contributed by atoms with Crippen LogP contribution in [-0.2, 0) is 56.8 Å². The van der Waals surface area contributed by atoms with Gasteiger partial charge in [-0.2, -0.15) is 0 Å². The Kier molecular flexibility index (Phi) is 19.3. The number of aliphatic hydroxyl groups excluding tert-OH is 15. The average molecular weight is 1210 g/mol. The Morgan fingerprint density at radius 2 is 0.940 bits per heavy atom. The van der Waals surface area contributed by atoms with Gasteiger partial charge in [-0.05, 0) is 111 Å². The van der Waals surface area contributed by atoms with E-state index in [1.807, 2.05) is 0 Å². The van der Waals surface area contributed by atoms with Crippen molar-refractivity contribution in [2.24, 2.45) is 52.3 Å². The van der Waals surface area contributed by atoms with E-state index in [1.165, 1.54) is 6.92 Å². The van der Waals surface area contributed by atoms with Crippen molar-refractivity contribution < 1.29 is 133 Å². The van der Waals surface area contributed by atoms with E-state index in [4.69, 9.17) is 56.8 Å². The Labute approximate surface area is 487 Å². The van der Waals surface area contributed by atoms with Crippen LogP contribution < -0.4 is 0 Å². The molecule has 0 aromatic rings. The first-order valence-electron chi connectivity index (χ1n) is 30.7. The maximum Gasteiger partial charge on any atom is 0.187 e. The first-order valence-corrected chi connectivity index (χ1v) is 30.7. The minimum Gasteiger partial charge on any atom is -0.394 e. The summed E-state index contributed by atoms with van der Waals surface area (Å²) in [6, 6.07) is 0. The summed E-state index contributed by atoms with van der Waals surface area (Å²) in [7, 11) is 0. The van der Waals surface area contributed by atoms with Gasteiger partial charge in [0, 0.05) is 12.3 Å². The van der Waals surface area contributed by atoms with Gasteiger partial charge in [0.2, 0.25) is 0 Å². The minimum absolute atomic E-state index is 0.0482. The van der Waals surface area contributed by atoms with Gasteiger partial charge < -0.3 is 133 Å². The minimum atomic E-state index is -2.17. The van der Waals surface area contributed by atoms with E-state index in [1.54, 1.807) is 0 Å². The first-order chi connectivity index (χ1) is 39.9. The standard InChI is InChI=1S/C57H94O27/c1-21-8-13-57(73-20-21)22(2)34-29(84-57)15-28-26-7-6-24-14-25(9-11-55(24,4)27(26)10-12-56(28,34)5)75-51-44(71)40(67)47(33(19-61)78-51)81-54-49(48(37(64)31(17-59)77-54)82-52-43(70)39(66)36(63)30(16-58)76-52)83-53-45(72)41(68)46(32(18-60)79-53)80-50-42(69)38(65)35(62)23(3)74-50/h21-54,58-72H,6-20H2,1-5H3. The van der Waals surface area contributed by atoms with Crippen LogP contribution in [0.25, 0.3) is 0 Å². The fraction of sp³-hybridized carbons (Fsp3) is 1.00. The van der Waals surface area contributed by atoms with Crippen molar-refractivity contribution in [2.45, 2.75) is 270 Å². The highest BCUT2D eigenvalue weighted by Gasteiger charge is 2.70. The maximum atomic E-state index is 12.0. The van der Waals surface area contributed by atoms with Gasteiger partial charge in [0.25, 0.3) is 0 Å². The zero-order chi connectivity index (χ0) is 60.2. The lowest BCUT2D eigenvalue weighted by molar-refractivity contribution is -0.411. The molecule has 15 N–H and O–H groups in total. The van der Waals surface area contributed by atoms with Crippen LogP contribution in [0.5, 0.6) is 0 Å². The molecule has 37 unspecified atom stereocenters. The summed E-state index contributed by atoms with van der Waals surface area (Å²) in [5, 5.41) is 164. The molecule has 0 aromatic heterocycles. The molecule has 7 heterocycles. The average Bonchev–Trinajstić information content (AvgIpc) is 1.51. The van der Waals surface area contributed by atoms with Crippen LogP contribution in [0.3, 0.4) is 0 Å². The van der Waals surface area contributed by atoms with E-state index in [2.05, 4.69) is 27.7 Å². The zero-order valence-electron chi connectivity index (χ0n) is 48.3. The number of aliphatic hydroxyl groups is 15. The molecule has 37 atom stereocenters. The second-order valence-corrected chi connectivity index (χ2v) is 27.1. The van der Waals surface area contributed by atoms with Crippen molar-refractivity contribution in [3.8, 4) is 0 Å². The molecule has 84 heavy (non-hydrogen) atoms. The maximum absolute atomic E-state index is 12.0.